The van der Waals surface area contributed by atoms with Crippen LogP contribution in [0, 0.1) is 23.3 Å². The number of aromatic nitrogens is 6. The van der Waals surface area contributed by atoms with E-state index in [2.05, 4.69) is 44.1 Å². The van der Waals surface area contributed by atoms with Crippen LogP contribution in [-0.2, 0) is 31.7 Å². The molecular formula is C49H49F4N11O3. The topological polar surface area (TPSA) is 144 Å². The van der Waals surface area contributed by atoms with Crippen LogP contribution in [-0.4, -0.2) is 123 Å². The Balaban J connectivity index is 0.000000168. The van der Waals surface area contributed by atoms with Gasteiger partial charge in [-0.25, -0.2) is 42.3 Å². The van der Waals surface area contributed by atoms with E-state index in [4.69, 9.17) is 10.5 Å². The van der Waals surface area contributed by atoms with Gasteiger partial charge in [0.15, 0.2) is 34.9 Å². The predicted octanol–water partition coefficient (Wildman–Crippen LogP) is 6.41. The average molecular weight is 916 g/mol. The summed E-state index contributed by atoms with van der Waals surface area (Å²) in [4.78, 5) is 51.3. The number of benzene rings is 4. The Hall–Kier alpha value is -7.18. The largest absolute Gasteiger partial charge is 0.465 e. The van der Waals surface area contributed by atoms with E-state index in [1.54, 1.807) is 30.6 Å². The van der Waals surface area contributed by atoms with E-state index in [0.29, 0.717) is 29.5 Å². The summed E-state index contributed by atoms with van der Waals surface area (Å²) in [5.41, 5.74) is 13.3. The van der Waals surface area contributed by atoms with Crippen molar-refractivity contribution in [3.05, 3.63) is 131 Å². The number of methoxy groups -OCH3 is 1. The van der Waals surface area contributed by atoms with Crippen molar-refractivity contribution in [1.82, 2.24) is 38.9 Å². The van der Waals surface area contributed by atoms with Crippen molar-refractivity contribution in [3.63, 3.8) is 0 Å². The Bertz CT molecular complexity index is 3160. The Kier molecular flexibility index (Phi) is 12.7. The second-order valence-electron chi connectivity index (χ2n) is 16.8. The summed E-state index contributed by atoms with van der Waals surface area (Å²) in [5, 5.41) is 1.63. The molecule has 0 atom stereocenters. The molecule has 0 radical (unpaired) electrons. The highest BCUT2D eigenvalue weighted by Gasteiger charge is 2.26. The number of ether oxygens (including phenoxy) is 1. The summed E-state index contributed by atoms with van der Waals surface area (Å²) in [7, 11) is 5.29. The van der Waals surface area contributed by atoms with Crippen LogP contribution in [0.1, 0.15) is 31.8 Å². The highest BCUT2D eigenvalue weighted by atomic mass is 19.2. The third-order valence-electron chi connectivity index (χ3n) is 13.0. The van der Waals surface area contributed by atoms with Crippen molar-refractivity contribution >= 4 is 67.4 Å². The first kappa shape index (κ1) is 45.0. The molecule has 2 N–H and O–H groups in total. The molecule has 346 valence electrons. The normalized spacial score (nSPS) is 14.9. The second-order valence-corrected chi connectivity index (χ2v) is 16.8. The number of carbonyl (C=O) groups excluding carboxylic acids is 2. The number of halogens is 4. The van der Waals surface area contributed by atoms with Crippen molar-refractivity contribution in [1.29, 1.82) is 0 Å². The van der Waals surface area contributed by atoms with Crippen molar-refractivity contribution in [2.24, 2.45) is 19.8 Å². The van der Waals surface area contributed by atoms with Gasteiger partial charge in [0.05, 0.1) is 29.3 Å². The molecule has 0 bridgehead atoms. The molecule has 8 aromatic rings. The van der Waals surface area contributed by atoms with Crippen LogP contribution >= 0.6 is 0 Å². The molecule has 0 saturated carbocycles. The molecule has 2 aliphatic rings. The molecule has 0 unspecified atom stereocenters. The van der Waals surface area contributed by atoms with Crippen LogP contribution in [0.4, 0.5) is 29.2 Å². The number of hydrogen-bond donors (Lipinski definition) is 1. The van der Waals surface area contributed by atoms with Gasteiger partial charge in [0.25, 0.3) is 0 Å². The van der Waals surface area contributed by atoms with Gasteiger partial charge in [0, 0.05) is 90.3 Å². The molecule has 10 rings (SSSR count). The number of carbonyl (C=O) groups is 2. The quantitative estimate of drug-likeness (QED) is 0.120. The number of fused-ring (bicyclic) bond motifs is 6. The van der Waals surface area contributed by atoms with E-state index >= 15 is 0 Å². The molecule has 18 heteroatoms. The molecule has 2 saturated heterocycles. The van der Waals surface area contributed by atoms with E-state index in [1.807, 2.05) is 42.9 Å². The molecule has 4 aromatic heterocycles. The molecule has 4 aromatic carbocycles. The summed E-state index contributed by atoms with van der Waals surface area (Å²) >= 11 is 0. The van der Waals surface area contributed by atoms with Gasteiger partial charge < -0.3 is 29.4 Å². The first-order valence-corrected chi connectivity index (χ1v) is 22.1. The summed E-state index contributed by atoms with van der Waals surface area (Å²) in [6.07, 6.45) is 4.43. The fourth-order valence-corrected chi connectivity index (χ4v) is 9.31. The first-order chi connectivity index (χ1) is 32.4. The lowest BCUT2D eigenvalue weighted by Crippen LogP contribution is -2.47. The Morgan fingerprint density at radius 2 is 1.13 bits per heavy atom. The minimum atomic E-state index is -0.820. The highest BCUT2D eigenvalue weighted by Crippen LogP contribution is 2.35. The maximum absolute atomic E-state index is 13.5. The minimum Gasteiger partial charge on any atom is -0.465 e. The van der Waals surface area contributed by atoms with Crippen molar-refractivity contribution in [3.8, 4) is 0 Å². The van der Waals surface area contributed by atoms with Gasteiger partial charge in [-0.1, -0.05) is 18.2 Å². The summed E-state index contributed by atoms with van der Waals surface area (Å²) in [6.45, 7) is 8.00. The van der Waals surface area contributed by atoms with Gasteiger partial charge in [-0.05, 0) is 78.6 Å². The molecule has 1 amide bonds. The monoisotopic (exact) mass is 915 g/mol. The zero-order valence-electron chi connectivity index (χ0n) is 37.4. The molecule has 2 aliphatic heterocycles. The molecule has 0 aliphatic carbocycles. The maximum atomic E-state index is 13.5. The van der Waals surface area contributed by atoms with Gasteiger partial charge in [0.1, 0.15) is 34.7 Å². The molecular weight excluding hydrogens is 867 g/mol. The third kappa shape index (κ3) is 8.93. The molecule has 6 heterocycles. The van der Waals surface area contributed by atoms with Gasteiger partial charge >= 0.3 is 5.97 Å². The van der Waals surface area contributed by atoms with Crippen LogP contribution in [0.3, 0.4) is 0 Å². The molecule has 14 nitrogen and oxygen atoms in total. The van der Waals surface area contributed by atoms with Gasteiger partial charge in [-0.3, -0.25) is 14.6 Å². The first-order valence-electron chi connectivity index (χ1n) is 22.1. The lowest BCUT2D eigenvalue weighted by Gasteiger charge is -2.35. The smallest absolute Gasteiger partial charge is 0.337 e. The molecule has 2 fully saturated rings. The van der Waals surface area contributed by atoms with Crippen molar-refractivity contribution < 1.29 is 31.9 Å². The van der Waals surface area contributed by atoms with E-state index in [-0.39, 0.29) is 5.97 Å². The van der Waals surface area contributed by atoms with E-state index < -0.39 is 29.2 Å². The summed E-state index contributed by atoms with van der Waals surface area (Å²) in [5.74, 6) is -2.42. The number of nitrogens with zero attached hydrogens (tertiary/aromatic N) is 10. The van der Waals surface area contributed by atoms with E-state index in [1.165, 1.54) is 37.7 Å². The maximum Gasteiger partial charge on any atom is 0.337 e. The SMILES string of the molecule is COC(=O)c1ccc2c(c1)c1ncnc(N3CCN(CCc4ccc(F)c(F)c4)CC3)c1n2C.Cn1c2cccc(C(N)=O)c2c2ncnc(N3CCN(CCc4ccc(F)c(F)c4)CC3)c21. The Morgan fingerprint density at radius 1 is 0.612 bits per heavy atom. The van der Waals surface area contributed by atoms with Crippen LogP contribution in [0.15, 0.2) is 85.5 Å². The fourth-order valence-electron chi connectivity index (χ4n) is 9.31. The van der Waals surface area contributed by atoms with Gasteiger partial charge in [-0.15, -0.1) is 0 Å². The standard InChI is InChI=1S/C25H25F2N5O2.C24H24F2N6O/c1-30-21-6-4-17(25(33)34-2)14-18(21)22-23(30)24(29-15-28-22)32-11-9-31(10-12-32)8-7-16-3-5-19(26)20(27)13-16;1-30-19-4-2-3-16(23(27)33)20(19)21-22(30)24(29-14-28-21)32-11-9-31(10-12-32)8-7-15-5-6-17(25)18(26)13-15/h3-6,13-15H,7-12H2,1-2H3;2-6,13-14H,7-12H2,1H3,(H2,27,33). The minimum absolute atomic E-state index is 0.382. The molecule has 0 spiro atoms. The number of primary amides is 1. The van der Waals surface area contributed by atoms with Gasteiger partial charge in [-0.2, -0.15) is 0 Å². The number of aryl methyl sites for hydroxylation is 2. The number of nitrogens with two attached hydrogens (primary N) is 1. The predicted molar refractivity (Wildman–Crippen MR) is 249 cm³/mol. The highest BCUT2D eigenvalue weighted by molar-refractivity contribution is 6.18. The summed E-state index contributed by atoms with van der Waals surface area (Å²) in [6, 6.07) is 19.1. The van der Waals surface area contributed by atoms with Crippen LogP contribution in [0.2, 0.25) is 0 Å². The lowest BCUT2D eigenvalue weighted by molar-refractivity contribution is 0.0600. The van der Waals surface area contributed by atoms with E-state index in [0.717, 1.165) is 127 Å². The lowest BCUT2D eigenvalue weighted by atomic mass is 10.1. The average Bonchev–Trinajstić information content (AvgIpc) is 3.81. The number of hydrogen-bond acceptors (Lipinski definition) is 11. The number of rotatable bonds is 10. The Morgan fingerprint density at radius 3 is 1.66 bits per heavy atom. The van der Waals surface area contributed by atoms with Crippen LogP contribution < -0.4 is 15.5 Å². The fraction of sp³-hybridized carbons (Fsp3) is 0.306. The number of piperazine rings is 2. The second kappa shape index (κ2) is 19.0. The van der Waals surface area contributed by atoms with Crippen LogP contribution in [0.5, 0.6) is 0 Å². The third-order valence-corrected chi connectivity index (χ3v) is 13.0. The van der Waals surface area contributed by atoms with Crippen molar-refractivity contribution in [2.45, 2.75) is 12.8 Å². The molecule has 67 heavy (non-hydrogen) atoms. The number of esters is 1. The number of anilines is 2. The van der Waals surface area contributed by atoms with Crippen molar-refractivity contribution in [2.75, 3.05) is 82.4 Å². The zero-order valence-corrected chi connectivity index (χ0v) is 37.4. The summed E-state index contributed by atoms with van der Waals surface area (Å²) < 4.78 is 62.2. The Labute approximate surface area is 383 Å². The van der Waals surface area contributed by atoms with E-state index in [9.17, 15) is 27.2 Å². The van der Waals surface area contributed by atoms with Gasteiger partial charge in [0.2, 0.25) is 5.91 Å². The van der Waals surface area contributed by atoms with Crippen LogP contribution in [0.25, 0.3) is 43.9 Å². The number of amides is 1. The zero-order chi connectivity index (χ0) is 46.9.